The molecule has 5 nitrogen and oxygen atoms in total. The number of aromatic hydroxyl groups is 1. The lowest BCUT2D eigenvalue weighted by Gasteiger charge is -2.16. The fraction of sp³-hybridized carbons (Fsp3) is 0.429. The van der Waals surface area contributed by atoms with Crippen LogP contribution in [0.25, 0.3) is 0 Å². The molecule has 1 saturated carbocycles. The third kappa shape index (κ3) is 3.41. The zero-order chi connectivity index (χ0) is 14.7. The van der Waals surface area contributed by atoms with Crippen molar-refractivity contribution < 1.29 is 19.8 Å². The molecule has 6 heteroatoms. The Balaban J connectivity index is 1.95. The smallest absolute Gasteiger partial charge is 0.306 e. The molecule has 0 aliphatic heterocycles. The first-order chi connectivity index (χ1) is 9.49. The minimum atomic E-state index is -0.784. The Labute approximate surface area is 130 Å². The van der Waals surface area contributed by atoms with Gasteiger partial charge in [0.05, 0.1) is 9.49 Å². The quantitative estimate of drug-likeness (QED) is 0.690. The third-order valence-corrected chi connectivity index (χ3v) is 4.62. The molecular weight excluding hydrogens is 373 g/mol. The number of carboxylic acid groups (broad SMARTS) is 1. The van der Waals surface area contributed by atoms with Gasteiger partial charge in [-0.1, -0.05) is 6.42 Å². The van der Waals surface area contributed by atoms with Crippen LogP contribution >= 0.6 is 22.6 Å². The van der Waals surface area contributed by atoms with Gasteiger partial charge in [0.1, 0.15) is 5.75 Å². The van der Waals surface area contributed by atoms with Crippen molar-refractivity contribution in [3.8, 4) is 5.75 Å². The number of phenolic OH excluding ortho intramolecular Hbond substituents is 1. The summed E-state index contributed by atoms with van der Waals surface area (Å²) in [5, 5.41) is 21.4. The zero-order valence-electron chi connectivity index (χ0n) is 10.8. The standard InChI is InChI=1S/C14H16INO4/c15-11-5-4-8(6-12(11)17)13(18)16-7-9-2-1-3-10(9)14(19)20/h4-6,9-10,17H,1-3,7H2,(H,16,18)(H,19,20). The number of carbonyl (C=O) groups excluding carboxylic acids is 1. The van der Waals surface area contributed by atoms with Crippen LogP contribution in [0.1, 0.15) is 29.6 Å². The monoisotopic (exact) mass is 389 g/mol. The second kappa shape index (κ2) is 6.43. The normalized spacial score (nSPS) is 21.6. The van der Waals surface area contributed by atoms with E-state index >= 15 is 0 Å². The number of rotatable bonds is 4. The van der Waals surface area contributed by atoms with Crippen molar-refractivity contribution in [2.24, 2.45) is 11.8 Å². The Morgan fingerprint density at radius 3 is 2.75 bits per heavy atom. The minimum absolute atomic E-state index is 0.00565. The first-order valence-electron chi connectivity index (χ1n) is 6.48. The van der Waals surface area contributed by atoms with E-state index in [0.717, 1.165) is 12.8 Å². The van der Waals surface area contributed by atoms with Crippen LogP contribution in [0.5, 0.6) is 5.75 Å². The van der Waals surface area contributed by atoms with Gasteiger partial charge in [0, 0.05) is 12.1 Å². The van der Waals surface area contributed by atoms with Crippen molar-refractivity contribution in [3.05, 3.63) is 27.3 Å². The lowest BCUT2D eigenvalue weighted by molar-refractivity contribution is -0.142. The number of hydrogen-bond acceptors (Lipinski definition) is 3. The van der Waals surface area contributed by atoms with Gasteiger partial charge in [0.15, 0.2) is 0 Å². The summed E-state index contributed by atoms with van der Waals surface area (Å²) in [4.78, 5) is 23.0. The number of nitrogens with one attached hydrogen (secondary N) is 1. The van der Waals surface area contributed by atoms with E-state index in [4.69, 9.17) is 5.11 Å². The molecule has 1 aliphatic carbocycles. The molecule has 0 heterocycles. The fourth-order valence-corrected chi connectivity index (χ4v) is 2.92. The molecule has 0 radical (unpaired) electrons. The van der Waals surface area contributed by atoms with Gasteiger partial charge in [-0.2, -0.15) is 0 Å². The number of phenols is 1. The molecule has 1 aliphatic rings. The molecule has 1 aromatic carbocycles. The summed E-state index contributed by atoms with van der Waals surface area (Å²) in [7, 11) is 0. The van der Waals surface area contributed by atoms with Gasteiger partial charge in [-0.3, -0.25) is 9.59 Å². The molecule has 2 rings (SSSR count). The predicted octanol–water partition coefficient (Wildman–Crippen LogP) is 2.23. The van der Waals surface area contributed by atoms with E-state index in [0.29, 0.717) is 22.1 Å². The highest BCUT2D eigenvalue weighted by Crippen LogP contribution is 2.31. The van der Waals surface area contributed by atoms with Crippen LogP contribution in [0.3, 0.4) is 0 Å². The number of carbonyl (C=O) groups is 2. The average Bonchev–Trinajstić information content (AvgIpc) is 2.87. The lowest BCUT2D eigenvalue weighted by Crippen LogP contribution is -2.33. The molecule has 3 N–H and O–H groups in total. The van der Waals surface area contributed by atoms with E-state index in [-0.39, 0.29) is 23.5 Å². The van der Waals surface area contributed by atoms with Crippen LogP contribution < -0.4 is 5.32 Å². The number of hydrogen-bond donors (Lipinski definition) is 3. The maximum Gasteiger partial charge on any atom is 0.306 e. The Morgan fingerprint density at radius 1 is 1.35 bits per heavy atom. The highest BCUT2D eigenvalue weighted by atomic mass is 127. The molecule has 1 amide bonds. The Kier molecular flexibility index (Phi) is 4.85. The summed E-state index contributed by atoms with van der Waals surface area (Å²) in [5.41, 5.74) is 0.382. The fourth-order valence-electron chi connectivity index (χ4n) is 2.59. The van der Waals surface area contributed by atoms with Crippen LogP contribution in [0, 0.1) is 15.4 Å². The summed E-state index contributed by atoms with van der Waals surface area (Å²) in [6.07, 6.45) is 2.40. The predicted molar refractivity (Wildman–Crippen MR) is 81.6 cm³/mol. The second-order valence-electron chi connectivity index (χ2n) is 5.01. The van der Waals surface area contributed by atoms with Crippen molar-refractivity contribution in [3.63, 3.8) is 0 Å². The van der Waals surface area contributed by atoms with Gasteiger partial charge in [0.2, 0.25) is 0 Å². The zero-order valence-corrected chi connectivity index (χ0v) is 13.0. The van der Waals surface area contributed by atoms with Crippen molar-refractivity contribution in [1.29, 1.82) is 0 Å². The summed E-state index contributed by atoms with van der Waals surface area (Å²) < 4.78 is 0.681. The molecule has 2 unspecified atom stereocenters. The Bertz CT molecular complexity index is 532. The Morgan fingerprint density at radius 2 is 2.10 bits per heavy atom. The molecule has 1 fully saturated rings. The molecule has 0 spiro atoms. The van der Waals surface area contributed by atoms with Crippen LogP contribution in [0.15, 0.2) is 18.2 Å². The van der Waals surface area contributed by atoms with E-state index in [2.05, 4.69) is 5.32 Å². The lowest BCUT2D eigenvalue weighted by atomic mass is 9.96. The topological polar surface area (TPSA) is 86.6 Å². The summed E-state index contributed by atoms with van der Waals surface area (Å²) >= 11 is 1.98. The number of carboxylic acids is 1. The number of aliphatic carboxylic acids is 1. The second-order valence-corrected chi connectivity index (χ2v) is 6.17. The van der Waals surface area contributed by atoms with Crippen molar-refractivity contribution in [1.82, 2.24) is 5.32 Å². The van der Waals surface area contributed by atoms with Crippen LogP contribution in [0.4, 0.5) is 0 Å². The first-order valence-corrected chi connectivity index (χ1v) is 7.56. The van der Waals surface area contributed by atoms with Crippen molar-refractivity contribution >= 4 is 34.5 Å². The number of halogens is 1. The first kappa shape index (κ1) is 15.1. The van der Waals surface area contributed by atoms with E-state index in [1.165, 1.54) is 6.07 Å². The molecule has 0 saturated heterocycles. The summed E-state index contributed by atoms with van der Waals surface area (Å²) in [5.74, 6) is -1.36. The molecule has 1 aromatic rings. The average molecular weight is 389 g/mol. The highest BCUT2D eigenvalue weighted by molar-refractivity contribution is 14.1. The SMILES string of the molecule is O=C(NCC1CCCC1C(=O)O)c1ccc(I)c(O)c1. The molecule has 0 aromatic heterocycles. The summed E-state index contributed by atoms with van der Waals surface area (Å²) in [6.45, 7) is 0.364. The number of benzene rings is 1. The minimum Gasteiger partial charge on any atom is -0.507 e. The van der Waals surface area contributed by atoms with E-state index in [1.807, 2.05) is 22.6 Å². The van der Waals surface area contributed by atoms with Gasteiger partial charge in [0.25, 0.3) is 5.91 Å². The van der Waals surface area contributed by atoms with E-state index in [1.54, 1.807) is 12.1 Å². The Hall–Kier alpha value is -1.31. The highest BCUT2D eigenvalue weighted by Gasteiger charge is 2.32. The van der Waals surface area contributed by atoms with Gasteiger partial charge in [-0.05, 0) is 59.5 Å². The summed E-state index contributed by atoms with van der Waals surface area (Å²) in [6, 6.07) is 4.72. The van der Waals surface area contributed by atoms with Gasteiger partial charge < -0.3 is 15.5 Å². The molecule has 2 atom stereocenters. The maximum absolute atomic E-state index is 12.0. The van der Waals surface area contributed by atoms with Crippen molar-refractivity contribution in [2.45, 2.75) is 19.3 Å². The molecular formula is C14H16INO4. The third-order valence-electron chi connectivity index (χ3n) is 3.71. The molecule has 108 valence electrons. The van der Waals surface area contributed by atoms with Gasteiger partial charge >= 0.3 is 5.97 Å². The van der Waals surface area contributed by atoms with Crippen molar-refractivity contribution in [2.75, 3.05) is 6.54 Å². The molecule has 0 bridgehead atoms. The number of amides is 1. The van der Waals surface area contributed by atoms with Gasteiger partial charge in [-0.25, -0.2) is 0 Å². The van der Waals surface area contributed by atoms with E-state index < -0.39 is 5.97 Å². The van der Waals surface area contributed by atoms with Crippen LogP contribution in [-0.4, -0.2) is 28.6 Å². The largest absolute Gasteiger partial charge is 0.507 e. The van der Waals surface area contributed by atoms with Crippen LogP contribution in [-0.2, 0) is 4.79 Å². The maximum atomic E-state index is 12.0. The van der Waals surface area contributed by atoms with Crippen LogP contribution in [0.2, 0.25) is 0 Å². The van der Waals surface area contributed by atoms with Gasteiger partial charge in [-0.15, -0.1) is 0 Å². The molecule has 20 heavy (non-hydrogen) atoms. The van der Waals surface area contributed by atoms with E-state index in [9.17, 15) is 14.7 Å².